The highest BCUT2D eigenvalue weighted by molar-refractivity contribution is 5.80. The molecule has 1 aromatic heterocycles. The molecule has 2 atom stereocenters. The summed E-state index contributed by atoms with van der Waals surface area (Å²) in [4.78, 5) is 19.7. The Morgan fingerprint density at radius 3 is 3.00 bits per heavy atom. The van der Waals surface area contributed by atoms with Crippen LogP contribution in [0.3, 0.4) is 0 Å². The maximum absolute atomic E-state index is 11.3. The van der Waals surface area contributed by atoms with Crippen LogP contribution in [0.15, 0.2) is 18.6 Å². The largest absolute Gasteiger partial charge is 0.300 e. The van der Waals surface area contributed by atoms with Gasteiger partial charge in [-0.15, -0.1) is 0 Å². The molecule has 0 N–H and O–H groups in total. The molecular weight excluding hydrogens is 176 g/mol. The lowest BCUT2D eigenvalue weighted by atomic mass is 9.78. The van der Waals surface area contributed by atoms with Crippen LogP contribution in [-0.4, -0.2) is 15.8 Å². The summed E-state index contributed by atoms with van der Waals surface area (Å²) in [7, 11) is 0. The molecule has 2 unspecified atom stereocenters. The van der Waals surface area contributed by atoms with Crippen LogP contribution in [0.2, 0.25) is 0 Å². The number of carbonyl (C=O) groups excluding carboxylic acids is 1. The molecule has 0 radical (unpaired) electrons. The van der Waals surface area contributed by atoms with Crippen molar-refractivity contribution in [2.45, 2.75) is 32.1 Å². The van der Waals surface area contributed by atoms with Crippen molar-refractivity contribution in [2.75, 3.05) is 0 Å². The highest BCUT2D eigenvalue weighted by Gasteiger charge is 2.28. The second kappa shape index (κ2) is 3.86. The maximum atomic E-state index is 11.3. The molecule has 14 heavy (non-hydrogen) atoms. The van der Waals surface area contributed by atoms with Crippen molar-refractivity contribution in [1.29, 1.82) is 0 Å². The normalized spacial score (nSPS) is 27.6. The molecule has 3 heteroatoms. The van der Waals surface area contributed by atoms with Crippen LogP contribution >= 0.6 is 0 Å². The van der Waals surface area contributed by atoms with Gasteiger partial charge in [0.15, 0.2) is 0 Å². The van der Waals surface area contributed by atoms with Crippen LogP contribution in [0.4, 0.5) is 0 Å². The highest BCUT2D eigenvalue weighted by atomic mass is 16.1. The second-order valence-corrected chi connectivity index (χ2v) is 4.00. The number of Topliss-reactive ketones (excluding diaryl/α,β-unsaturated/α-hetero) is 1. The zero-order chi connectivity index (χ0) is 9.97. The number of hydrogen-bond donors (Lipinski definition) is 0. The van der Waals surface area contributed by atoms with E-state index >= 15 is 0 Å². The number of nitrogens with zero attached hydrogens (tertiary/aromatic N) is 2. The van der Waals surface area contributed by atoms with E-state index < -0.39 is 0 Å². The van der Waals surface area contributed by atoms with Crippen molar-refractivity contribution in [3.05, 3.63) is 24.3 Å². The van der Waals surface area contributed by atoms with Crippen LogP contribution < -0.4 is 0 Å². The Bertz CT molecular complexity index is 323. The summed E-state index contributed by atoms with van der Waals surface area (Å²) in [6.07, 6.45) is 7.50. The minimum atomic E-state index is 0.282. The van der Waals surface area contributed by atoms with E-state index in [1.54, 1.807) is 18.6 Å². The number of rotatable bonds is 1. The molecule has 1 aromatic rings. The third kappa shape index (κ3) is 1.81. The topological polar surface area (TPSA) is 42.9 Å². The zero-order valence-electron chi connectivity index (χ0n) is 8.31. The van der Waals surface area contributed by atoms with E-state index in [0.29, 0.717) is 18.1 Å². The van der Waals surface area contributed by atoms with Gasteiger partial charge in [0.2, 0.25) is 0 Å². The first-order valence-electron chi connectivity index (χ1n) is 5.05. The first-order chi connectivity index (χ1) is 6.77. The van der Waals surface area contributed by atoms with E-state index in [0.717, 1.165) is 18.5 Å². The average Bonchev–Trinajstić information content (AvgIpc) is 2.23. The van der Waals surface area contributed by atoms with Crippen LogP contribution in [-0.2, 0) is 4.79 Å². The predicted molar refractivity (Wildman–Crippen MR) is 52.8 cm³/mol. The van der Waals surface area contributed by atoms with Crippen molar-refractivity contribution < 1.29 is 4.79 Å². The van der Waals surface area contributed by atoms with Crippen molar-refractivity contribution >= 4 is 5.78 Å². The van der Waals surface area contributed by atoms with Gasteiger partial charge in [0.1, 0.15) is 5.78 Å². The second-order valence-electron chi connectivity index (χ2n) is 4.00. The summed E-state index contributed by atoms with van der Waals surface area (Å²) >= 11 is 0. The van der Waals surface area contributed by atoms with Crippen molar-refractivity contribution in [3.8, 4) is 0 Å². The fourth-order valence-corrected chi connectivity index (χ4v) is 2.04. The Morgan fingerprint density at radius 2 is 2.29 bits per heavy atom. The molecular formula is C11H14N2O. The molecule has 0 bridgehead atoms. The van der Waals surface area contributed by atoms with Gasteiger partial charge in [0.05, 0.1) is 5.69 Å². The van der Waals surface area contributed by atoms with Crippen molar-refractivity contribution in [1.82, 2.24) is 9.97 Å². The quantitative estimate of drug-likeness (QED) is 0.679. The predicted octanol–water partition coefficient (Wildman–Crippen LogP) is 1.95. The van der Waals surface area contributed by atoms with Crippen LogP contribution in [0.5, 0.6) is 0 Å². The van der Waals surface area contributed by atoms with Gasteiger partial charge in [-0.25, -0.2) is 0 Å². The molecule has 1 aliphatic carbocycles. The lowest BCUT2D eigenvalue weighted by Crippen LogP contribution is -2.22. The SMILES string of the molecule is CC1CCC(=O)CC1c1cnccn1. The molecule has 0 aliphatic heterocycles. The van der Waals surface area contributed by atoms with Crippen LogP contribution in [0.1, 0.15) is 37.8 Å². The molecule has 1 fully saturated rings. The van der Waals surface area contributed by atoms with Crippen molar-refractivity contribution in [3.63, 3.8) is 0 Å². The third-order valence-electron chi connectivity index (χ3n) is 2.98. The average molecular weight is 190 g/mol. The Balaban J connectivity index is 2.20. The molecule has 0 saturated heterocycles. The van der Waals surface area contributed by atoms with Gasteiger partial charge in [-0.3, -0.25) is 14.8 Å². The Hall–Kier alpha value is -1.25. The van der Waals surface area contributed by atoms with E-state index in [-0.39, 0.29) is 5.92 Å². The summed E-state index contributed by atoms with van der Waals surface area (Å²) in [6.45, 7) is 2.19. The summed E-state index contributed by atoms with van der Waals surface area (Å²) in [5.74, 6) is 1.19. The lowest BCUT2D eigenvalue weighted by Gasteiger charge is -2.26. The third-order valence-corrected chi connectivity index (χ3v) is 2.98. The molecule has 2 rings (SSSR count). The molecule has 0 amide bonds. The molecule has 1 heterocycles. The van der Waals surface area contributed by atoms with Gasteiger partial charge in [0.25, 0.3) is 0 Å². The van der Waals surface area contributed by atoms with Gasteiger partial charge in [-0.05, 0) is 12.3 Å². The molecule has 1 aliphatic rings. The van der Waals surface area contributed by atoms with E-state index in [9.17, 15) is 4.79 Å². The van der Waals surface area contributed by atoms with E-state index in [4.69, 9.17) is 0 Å². The van der Waals surface area contributed by atoms with Crippen molar-refractivity contribution in [2.24, 2.45) is 5.92 Å². The molecule has 0 aromatic carbocycles. The molecule has 0 spiro atoms. The monoisotopic (exact) mass is 190 g/mol. The number of aromatic nitrogens is 2. The van der Waals surface area contributed by atoms with E-state index in [1.807, 2.05) is 0 Å². The molecule has 1 saturated carbocycles. The zero-order valence-corrected chi connectivity index (χ0v) is 8.31. The van der Waals surface area contributed by atoms with Gasteiger partial charge in [-0.1, -0.05) is 6.92 Å². The minimum absolute atomic E-state index is 0.282. The highest BCUT2D eigenvalue weighted by Crippen LogP contribution is 2.34. The summed E-state index contributed by atoms with van der Waals surface area (Å²) in [6, 6.07) is 0. The van der Waals surface area contributed by atoms with E-state index in [2.05, 4.69) is 16.9 Å². The first-order valence-corrected chi connectivity index (χ1v) is 5.05. The van der Waals surface area contributed by atoms with Crippen LogP contribution in [0.25, 0.3) is 0 Å². The Morgan fingerprint density at radius 1 is 1.43 bits per heavy atom. The summed E-state index contributed by atoms with van der Waals surface area (Å²) in [5, 5.41) is 0. The van der Waals surface area contributed by atoms with E-state index in [1.165, 1.54) is 0 Å². The number of carbonyl (C=O) groups is 1. The Labute approximate surface area is 83.6 Å². The summed E-state index contributed by atoms with van der Waals surface area (Å²) < 4.78 is 0. The van der Waals surface area contributed by atoms with Gasteiger partial charge >= 0.3 is 0 Å². The minimum Gasteiger partial charge on any atom is -0.300 e. The number of hydrogen-bond acceptors (Lipinski definition) is 3. The molecule has 74 valence electrons. The Kier molecular flexibility index (Phi) is 2.57. The standard InChI is InChI=1S/C11H14N2O/c1-8-2-3-9(14)6-10(8)11-7-12-4-5-13-11/h4-5,7-8,10H,2-3,6H2,1H3. The van der Waals surface area contributed by atoms with Gasteiger partial charge in [-0.2, -0.15) is 0 Å². The lowest BCUT2D eigenvalue weighted by molar-refractivity contribution is -0.121. The number of ketones is 1. The van der Waals surface area contributed by atoms with Crippen LogP contribution in [0, 0.1) is 5.92 Å². The van der Waals surface area contributed by atoms with Gasteiger partial charge in [0, 0.05) is 37.4 Å². The fourth-order valence-electron chi connectivity index (χ4n) is 2.04. The smallest absolute Gasteiger partial charge is 0.133 e. The molecule has 3 nitrogen and oxygen atoms in total. The fraction of sp³-hybridized carbons (Fsp3) is 0.545. The maximum Gasteiger partial charge on any atom is 0.133 e. The summed E-state index contributed by atoms with van der Waals surface area (Å²) in [5.41, 5.74) is 0.966. The first kappa shape index (κ1) is 9.31. The van der Waals surface area contributed by atoms with Gasteiger partial charge < -0.3 is 0 Å².